The van der Waals surface area contributed by atoms with Crippen molar-refractivity contribution >= 4 is 17.5 Å². The zero-order valence-electron chi connectivity index (χ0n) is 13.1. The van der Waals surface area contributed by atoms with E-state index in [1.807, 2.05) is 30.3 Å². The molecule has 2 amide bonds. The van der Waals surface area contributed by atoms with E-state index in [2.05, 4.69) is 10.6 Å². The summed E-state index contributed by atoms with van der Waals surface area (Å²) in [7, 11) is 0. The molecule has 4 rings (SSSR count). The van der Waals surface area contributed by atoms with Crippen molar-refractivity contribution in [2.24, 2.45) is 0 Å². The first kappa shape index (κ1) is 14.8. The molecule has 0 radical (unpaired) electrons. The van der Waals surface area contributed by atoms with Gasteiger partial charge in [-0.05, 0) is 47.7 Å². The molecule has 122 valence electrons. The van der Waals surface area contributed by atoms with Crippen molar-refractivity contribution in [3.8, 4) is 5.75 Å². The van der Waals surface area contributed by atoms with E-state index < -0.39 is 5.92 Å². The zero-order chi connectivity index (χ0) is 16.7. The number of aryl methyl sites for hydroxylation is 1. The van der Waals surface area contributed by atoms with E-state index in [9.17, 15) is 14.7 Å². The Morgan fingerprint density at radius 1 is 1.21 bits per heavy atom. The highest BCUT2D eigenvalue weighted by atomic mass is 16.3. The van der Waals surface area contributed by atoms with Gasteiger partial charge < -0.3 is 15.7 Å². The van der Waals surface area contributed by atoms with Crippen molar-refractivity contribution in [1.29, 1.82) is 0 Å². The summed E-state index contributed by atoms with van der Waals surface area (Å²) in [5.41, 5.74) is 3.79. The van der Waals surface area contributed by atoms with Crippen LogP contribution in [0.2, 0.25) is 0 Å². The van der Waals surface area contributed by atoms with Crippen molar-refractivity contribution in [3.05, 3.63) is 59.2 Å². The number of rotatable bonds is 3. The minimum absolute atomic E-state index is 0.0979. The molecule has 2 aliphatic rings. The maximum Gasteiger partial charge on any atom is 0.232 e. The van der Waals surface area contributed by atoms with Gasteiger partial charge in [-0.15, -0.1) is 0 Å². The molecule has 0 saturated heterocycles. The number of nitrogens with one attached hydrogen (secondary N) is 2. The van der Waals surface area contributed by atoms with E-state index >= 15 is 0 Å². The number of hydrogen-bond donors (Lipinski definition) is 3. The van der Waals surface area contributed by atoms with Gasteiger partial charge in [0.2, 0.25) is 11.8 Å². The van der Waals surface area contributed by atoms with E-state index in [4.69, 9.17) is 0 Å². The summed E-state index contributed by atoms with van der Waals surface area (Å²) in [4.78, 5) is 24.6. The molecule has 2 unspecified atom stereocenters. The number of aromatic hydroxyl groups is 1. The molecule has 24 heavy (non-hydrogen) atoms. The largest absolute Gasteiger partial charge is 0.508 e. The first-order chi connectivity index (χ1) is 11.6. The molecule has 0 aromatic heterocycles. The minimum atomic E-state index is -0.439. The molecule has 0 fully saturated rings. The van der Waals surface area contributed by atoms with Crippen LogP contribution in [-0.2, 0) is 16.0 Å². The Balaban J connectivity index is 1.47. The molecule has 2 aromatic carbocycles. The van der Waals surface area contributed by atoms with Gasteiger partial charge in [0.05, 0.1) is 12.0 Å². The molecule has 1 aliphatic heterocycles. The van der Waals surface area contributed by atoms with Crippen LogP contribution >= 0.6 is 0 Å². The molecule has 1 aliphatic carbocycles. The van der Waals surface area contributed by atoms with Crippen LogP contribution in [0.1, 0.15) is 41.5 Å². The van der Waals surface area contributed by atoms with Gasteiger partial charge in [-0.1, -0.05) is 24.3 Å². The Kier molecular flexibility index (Phi) is 3.49. The van der Waals surface area contributed by atoms with Crippen LogP contribution in [-0.4, -0.2) is 16.9 Å². The van der Waals surface area contributed by atoms with Gasteiger partial charge in [-0.2, -0.15) is 0 Å². The molecule has 0 saturated carbocycles. The fourth-order valence-corrected chi connectivity index (χ4v) is 3.66. The van der Waals surface area contributed by atoms with Gasteiger partial charge >= 0.3 is 0 Å². The molecule has 3 N–H and O–H groups in total. The van der Waals surface area contributed by atoms with Crippen molar-refractivity contribution < 1.29 is 14.7 Å². The van der Waals surface area contributed by atoms with Crippen molar-refractivity contribution in [1.82, 2.24) is 5.32 Å². The van der Waals surface area contributed by atoms with Crippen molar-refractivity contribution in [2.75, 3.05) is 5.32 Å². The maximum absolute atomic E-state index is 12.5. The summed E-state index contributed by atoms with van der Waals surface area (Å²) in [6.45, 7) is 0. The number of para-hydroxylation sites is 1. The van der Waals surface area contributed by atoms with Crippen LogP contribution in [0.15, 0.2) is 42.5 Å². The number of carbonyl (C=O) groups is 2. The van der Waals surface area contributed by atoms with Gasteiger partial charge in [-0.25, -0.2) is 0 Å². The quantitative estimate of drug-likeness (QED) is 0.813. The number of benzene rings is 2. The van der Waals surface area contributed by atoms with Crippen LogP contribution in [0.5, 0.6) is 5.75 Å². The van der Waals surface area contributed by atoms with Gasteiger partial charge in [0.1, 0.15) is 5.75 Å². The number of fused-ring (bicyclic) bond motifs is 2. The second kappa shape index (κ2) is 5.67. The summed E-state index contributed by atoms with van der Waals surface area (Å²) >= 11 is 0. The first-order valence-corrected chi connectivity index (χ1v) is 8.13. The van der Waals surface area contributed by atoms with Crippen LogP contribution in [0.25, 0.3) is 0 Å². The van der Waals surface area contributed by atoms with Gasteiger partial charge in [0.25, 0.3) is 0 Å². The number of phenolic OH excluding ortho intramolecular Hbond substituents is 1. The molecule has 5 nitrogen and oxygen atoms in total. The third-order valence-electron chi connectivity index (χ3n) is 4.84. The number of hydrogen-bond acceptors (Lipinski definition) is 3. The van der Waals surface area contributed by atoms with E-state index in [-0.39, 0.29) is 30.0 Å². The van der Waals surface area contributed by atoms with Crippen LogP contribution in [0.4, 0.5) is 5.69 Å². The smallest absolute Gasteiger partial charge is 0.232 e. The molecular weight excluding hydrogens is 304 g/mol. The van der Waals surface area contributed by atoms with Gasteiger partial charge in [-0.3, -0.25) is 9.59 Å². The normalized spacial score (nSPS) is 21.1. The van der Waals surface area contributed by atoms with Gasteiger partial charge in [0.15, 0.2) is 0 Å². The number of phenols is 1. The second-order valence-electron chi connectivity index (χ2n) is 6.38. The number of carbonyl (C=O) groups excluding carboxylic acids is 2. The Bertz CT molecular complexity index is 831. The fraction of sp³-hybridized carbons (Fsp3) is 0.263. The topological polar surface area (TPSA) is 78.4 Å². The van der Waals surface area contributed by atoms with Crippen molar-refractivity contribution in [3.63, 3.8) is 0 Å². The highest BCUT2D eigenvalue weighted by Crippen LogP contribution is 2.36. The Hall–Kier alpha value is -2.82. The summed E-state index contributed by atoms with van der Waals surface area (Å²) < 4.78 is 0. The average Bonchev–Trinajstić information content (AvgIpc) is 3.09. The Labute approximate surface area is 139 Å². The molecule has 2 atom stereocenters. The minimum Gasteiger partial charge on any atom is -0.508 e. The highest BCUT2D eigenvalue weighted by Gasteiger charge is 2.33. The van der Waals surface area contributed by atoms with Crippen LogP contribution < -0.4 is 10.6 Å². The summed E-state index contributed by atoms with van der Waals surface area (Å²) in [5.74, 6) is -0.505. The average molecular weight is 322 g/mol. The summed E-state index contributed by atoms with van der Waals surface area (Å²) in [5, 5.41) is 15.5. The Morgan fingerprint density at radius 2 is 2.04 bits per heavy atom. The highest BCUT2D eigenvalue weighted by molar-refractivity contribution is 6.04. The lowest BCUT2D eigenvalue weighted by Gasteiger charge is -2.16. The second-order valence-corrected chi connectivity index (χ2v) is 6.38. The van der Waals surface area contributed by atoms with E-state index in [1.165, 1.54) is 0 Å². The fourth-order valence-electron chi connectivity index (χ4n) is 3.66. The SMILES string of the molecule is O=C(CC1C(=O)Nc2ccccc21)NC1CCc2ccc(O)cc21. The van der Waals surface area contributed by atoms with Crippen LogP contribution in [0.3, 0.4) is 0 Å². The third kappa shape index (κ3) is 2.52. The standard InChI is InChI=1S/C19H18N2O3/c22-12-7-5-11-6-8-17(14(11)9-12)20-18(23)10-15-13-3-1-2-4-16(13)21-19(15)24/h1-5,7,9,15,17,22H,6,8,10H2,(H,20,23)(H,21,24). The van der Waals surface area contributed by atoms with E-state index in [0.29, 0.717) is 0 Å². The molecule has 5 heteroatoms. The lowest BCUT2D eigenvalue weighted by atomic mass is 9.96. The van der Waals surface area contributed by atoms with Crippen molar-refractivity contribution in [2.45, 2.75) is 31.2 Å². The molecule has 0 spiro atoms. The van der Waals surface area contributed by atoms with Gasteiger partial charge in [0, 0.05) is 12.1 Å². The predicted octanol–water partition coefficient (Wildman–Crippen LogP) is 2.62. The Morgan fingerprint density at radius 3 is 2.92 bits per heavy atom. The molecule has 2 aromatic rings. The number of amides is 2. The molecular formula is C19H18N2O3. The lowest BCUT2D eigenvalue weighted by Crippen LogP contribution is -2.29. The summed E-state index contributed by atoms with van der Waals surface area (Å²) in [6, 6.07) is 12.7. The molecule has 1 heterocycles. The van der Waals surface area contributed by atoms with E-state index in [1.54, 1.807) is 12.1 Å². The maximum atomic E-state index is 12.5. The first-order valence-electron chi connectivity index (χ1n) is 8.13. The van der Waals surface area contributed by atoms with E-state index in [0.717, 1.165) is 35.2 Å². The lowest BCUT2D eigenvalue weighted by molar-refractivity contribution is -0.125. The number of anilines is 1. The monoisotopic (exact) mass is 322 g/mol. The zero-order valence-corrected chi connectivity index (χ0v) is 13.1. The molecule has 0 bridgehead atoms. The predicted molar refractivity (Wildman–Crippen MR) is 89.7 cm³/mol. The summed E-state index contributed by atoms with van der Waals surface area (Å²) in [6.07, 6.45) is 1.83. The van der Waals surface area contributed by atoms with Crippen LogP contribution in [0, 0.1) is 0 Å². The third-order valence-corrected chi connectivity index (χ3v) is 4.84.